The van der Waals surface area contributed by atoms with Crippen LogP contribution in [-0.4, -0.2) is 32.9 Å². The van der Waals surface area contributed by atoms with Crippen LogP contribution in [0.4, 0.5) is 5.82 Å². The van der Waals surface area contributed by atoms with Crippen LogP contribution in [0.3, 0.4) is 0 Å². The number of hydrogen-bond donors (Lipinski definition) is 1. The molecule has 22 heavy (non-hydrogen) atoms. The van der Waals surface area contributed by atoms with E-state index in [9.17, 15) is 14.9 Å². The number of benzene rings is 1. The van der Waals surface area contributed by atoms with Gasteiger partial charge in [-0.3, -0.25) is 0 Å². The molecule has 2 rings (SSSR count). The summed E-state index contributed by atoms with van der Waals surface area (Å²) in [5.41, 5.74) is 1.30. The summed E-state index contributed by atoms with van der Waals surface area (Å²) in [6.07, 6.45) is 3.80. The van der Waals surface area contributed by atoms with Crippen LogP contribution in [0.25, 0.3) is 6.08 Å². The topological polar surface area (TPSA) is 107 Å². The number of aliphatic carboxylic acids is 1. The van der Waals surface area contributed by atoms with Crippen molar-refractivity contribution in [3.63, 3.8) is 0 Å². The highest BCUT2D eigenvalue weighted by molar-refractivity contribution is 5.85. The fraction of sp³-hybridized carbons (Fsp3) is 0.143. The maximum atomic E-state index is 10.9. The lowest BCUT2D eigenvalue weighted by Gasteiger charge is -2.08. The molecule has 0 fully saturated rings. The molecule has 0 saturated carbocycles. The molecule has 0 aliphatic rings. The number of nitro groups is 1. The molecule has 0 saturated heterocycles. The van der Waals surface area contributed by atoms with E-state index in [1.807, 2.05) is 0 Å². The molecule has 0 radical (unpaired) electrons. The zero-order chi connectivity index (χ0) is 16.1. The summed E-state index contributed by atoms with van der Waals surface area (Å²) in [6.45, 7) is 0.140. The van der Waals surface area contributed by atoms with Gasteiger partial charge in [-0.1, -0.05) is 11.2 Å². The molecule has 0 aliphatic heterocycles. The second-order valence-corrected chi connectivity index (χ2v) is 4.35. The monoisotopic (exact) mass is 303 g/mol. The van der Waals surface area contributed by atoms with Gasteiger partial charge < -0.3 is 20.0 Å². The first-order valence-corrected chi connectivity index (χ1v) is 6.25. The van der Waals surface area contributed by atoms with Crippen molar-refractivity contribution < 1.29 is 19.6 Å². The van der Waals surface area contributed by atoms with Crippen molar-refractivity contribution in [1.29, 1.82) is 0 Å². The number of hydrogen-bond acceptors (Lipinski definition) is 5. The van der Waals surface area contributed by atoms with Crippen molar-refractivity contribution in [2.24, 2.45) is 0 Å². The minimum absolute atomic E-state index is 0.131. The Hall–Kier alpha value is -3.16. The number of rotatable bonds is 6. The van der Waals surface area contributed by atoms with Crippen LogP contribution < -0.4 is 4.74 Å². The van der Waals surface area contributed by atoms with Gasteiger partial charge in [-0.05, 0) is 28.7 Å². The SMILES string of the molecule is COc1ccc(/C=C/C(=O)O)cc1Cn1nccc1[N+](=O)[O-]. The van der Waals surface area contributed by atoms with Crippen molar-refractivity contribution in [3.05, 3.63) is 57.8 Å². The predicted octanol–water partition coefficient (Wildman–Crippen LogP) is 1.95. The third kappa shape index (κ3) is 3.48. The minimum atomic E-state index is -1.06. The molecule has 2 aromatic rings. The van der Waals surface area contributed by atoms with Gasteiger partial charge in [0.05, 0.1) is 19.4 Å². The van der Waals surface area contributed by atoms with Crippen LogP contribution in [0.5, 0.6) is 5.75 Å². The summed E-state index contributed by atoms with van der Waals surface area (Å²) in [6, 6.07) is 6.37. The van der Waals surface area contributed by atoms with Gasteiger partial charge in [0.25, 0.3) is 0 Å². The van der Waals surface area contributed by atoms with Crippen LogP contribution in [0.1, 0.15) is 11.1 Å². The average molecular weight is 303 g/mol. The van der Waals surface area contributed by atoms with Crippen molar-refractivity contribution in [2.75, 3.05) is 7.11 Å². The second kappa shape index (κ2) is 6.53. The van der Waals surface area contributed by atoms with Gasteiger partial charge in [0.2, 0.25) is 0 Å². The first kappa shape index (κ1) is 15.2. The number of carbonyl (C=O) groups is 1. The Balaban J connectivity index is 2.35. The molecule has 0 atom stereocenters. The van der Waals surface area contributed by atoms with E-state index >= 15 is 0 Å². The molecule has 114 valence electrons. The van der Waals surface area contributed by atoms with Crippen LogP contribution in [0, 0.1) is 10.1 Å². The highest BCUT2D eigenvalue weighted by Crippen LogP contribution is 2.23. The molecular formula is C14H13N3O5. The maximum absolute atomic E-state index is 10.9. The van der Waals surface area contributed by atoms with E-state index in [1.165, 1.54) is 30.1 Å². The van der Waals surface area contributed by atoms with Crippen LogP contribution in [0.15, 0.2) is 36.5 Å². The average Bonchev–Trinajstić information content (AvgIpc) is 2.93. The number of aromatic nitrogens is 2. The molecule has 1 aromatic carbocycles. The molecule has 0 unspecified atom stereocenters. The highest BCUT2D eigenvalue weighted by Gasteiger charge is 2.16. The molecule has 1 heterocycles. The Morgan fingerprint density at radius 1 is 1.50 bits per heavy atom. The normalized spacial score (nSPS) is 10.8. The highest BCUT2D eigenvalue weighted by atomic mass is 16.6. The summed E-state index contributed by atoms with van der Waals surface area (Å²) in [4.78, 5) is 20.9. The third-order valence-electron chi connectivity index (χ3n) is 2.92. The van der Waals surface area contributed by atoms with E-state index in [0.717, 1.165) is 6.08 Å². The summed E-state index contributed by atoms with van der Waals surface area (Å²) >= 11 is 0. The Labute approximate surface area is 125 Å². The molecule has 1 N–H and O–H groups in total. The van der Waals surface area contributed by atoms with E-state index in [4.69, 9.17) is 9.84 Å². The van der Waals surface area contributed by atoms with Gasteiger partial charge in [-0.2, -0.15) is 0 Å². The van der Waals surface area contributed by atoms with E-state index in [1.54, 1.807) is 18.2 Å². The molecule has 0 aliphatic carbocycles. The number of nitrogens with zero attached hydrogens (tertiary/aromatic N) is 3. The fourth-order valence-corrected chi connectivity index (χ4v) is 1.96. The summed E-state index contributed by atoms with van der Waals surface area (Å²) in [5, 5.41) is 23.5. The van der Waals surface area contributed by atoms with Crippen LogP contribution in [0.2, 0.25) is 0 Å². The van der Waals surface area contributed by atoms with Crippen molar-refractivity contribution in [1.82, 2.24) is 9.78 Å². The zero-order valence-corrected chi connectivity index (χ0v) is 11.7. The molecule has 0 spiro atoms. The zero-order valence-electron chi connectivity index (χ0n) is 11.7. The first-order valence-electron chi connectivity index (χ1n) is 6.25. The van der Waals surface area contributed by atoms with Gasteiger partial charge in [-0.25, -0.2) is 4.79 Å². The van der Waals surface area contributed by atoms with E-state index in [-0.39, 0.29) is 12.4 Å². The van der Waals surface area contributed by atoms with E-state index in [0.29, 0.717) is 16.9 Å². The summed E-state index contributed by atoms with van der Waals surface area (Å²) < 4.78 is 6.46. The molecular weight excluding hydrogens is 290 g/mol. The quantitative estimate of drug-likeness (QED) is 0.496. The summed E-state index contributed by atoms with van der Waals surface area (Å²) in [7, 11) is 1.49. The van der Waals surface area contributed by atoms with Gasteiger partial charge in [0.15, 0.2) is 0 Å². The largest absolute Gasteiger partial charge is 0.496 e. The molecule has 1 aromatic heterocycles. The van der Waals surface area contributed by atoms with E-state index < -0.39 is 10.9 Å². The number of carboxylic acids is 1. The maximum Gasteiger partial charge on any atom is 0.345 e. The van der Waals surface area contributed by atoms with Gasteiger partial charge in [0, 0.05) is 11.6 Å². The summed E-state index contributed by atoms with van der Waals surface area (Å²) in [5.74, 6) is -0.647. The molecule has 0 amide bonds. The van der Waals surface area contributed by atoms with Crippen molar-refractivity contribution in [3.8, 4) is 5.75 Å². The first-order chi connectivity index (χ1) is 10.5. The lowest BCUT2D eigenvalue weighted by molar-refractivity contribution is -0.392. The lowest BCUT2D eigenvalue weighted by atomic mass is 10.1. The Bertz CT molecular complexity index is 736. The molecule has 8 nitrogen and oxygen atoms in total. The number of ether oxygens (including phenoxy) is 1. The Morgan fingerprint density at radius 2 is 2.27 bits per heavy atom. The van der Waals surface area contributed by atoms with Crippen molar-refractivity contribution >= 4 is 17.9 Å². The van der Waals surface area contributed by atoms with Gasteiger partial charge in [0.1, 0.15) is 12.3 Å². The number of methoxy groups -OCH3 is 1. The minimum Gasteiger partial charge on any atom is -0.496 e. The van der Waals surface area contributed by atoms with E-state index in [2.05, 4.69) is 5.10 Å². The third-order valence-corrected chi connectivity index (χ3v) is 2.92. The Kier molecular flexibility index (Phi) is 4.52. The van der Waals surface area contributed by atoms with Crippen LogP contribution >= 0.6 is 0 Å². The predicted molar refractivity (Wildman–Crippen MR) is 77.6 cm³/mol. The van der Waals surface area contributed by atoms with Gasteiger partial charge in [-0.15, -0.1) is 4.68 Å². The lowest BCUT2D eigenvalue weighted by Crippen LogP contribution is -2.07. The Morgan fingerprint density at radius 3 is 2.91 bits per heavy atom. The van der Waals surface area contributed by atoms with Gasteiger partial charge >= 0.3 is 11.8 Å². The van der Waals surface area contributed by atoms with Crippen LogP contribution in [-0.2, 0) is 11.3 Å². The smallest absolute Gasteiger partial charge is 0.345 e. The molecule has 8 heteroatoms. The van der Waals surface area contributed by atoms with Crippen molar-refractivity contribution in [2.45, 2.75) is 6.54 Å². The second-order valence-electron chi connectivity index (χ2n) is 4.35. The number of carboxylic acid groups (broad SMARTS) is 1. The fourth-order valence-electron chi connectivity index (χ4n) is 1.96. The molecule has 0 bridgehead atoms. The standard InChI is InChI=1S/C14H13N3O5/c1-22-12-4-2-10(3-5-14(18)19)8-11(12)9-16-13(17(20)21)6-7-15-16/h2-8H,9H2,1H3,(H,18,19)/b5-3+.